The quantitative estimate of drug-likeness (QED) is 0.638. The van der Waals surface area contributed by atoms with E-state index in [9.17, 15) is 4.79 Å². The van der Waals surface area contributed by atoms with Gasteiger partial charge in [0.05, 0.1) is 5.69 Å². The van der Waals surface area contributed by atoms with Crippen molar-refractivity contribution in [2.45, 2.75) is 0 Å². The smallest absolute Gasteiger partial charge is 0.264 e. The number of hydrogen-bond donors (Lipinski definition) is 0. The first kappa shape index (κ1) is 18.6. The second-order valence-corrected chi connectivity index (χ2v) is 6.34. The zero-order valence-electron chi connectivity index (χ0n) is 15.6. The second-order valence-electron chi connectivity index (χ2n) is 6.34. The van der Waals surface area contributed by atoms with Crippen LogP contribution in [-0.2, 0) is 0 Å². The SMILES string of the molecule is CN(C)CCOc1ccc(N(C(=O)c2ccccc2)c2ccccn2)cc1. The van der Waals surface area contributed by atoms with Crippen LogP contribution in [0.15, 0.2) is 79.0 Å². The van der Waals surface area contributed by atoms with E-state index in [0.29, 0.717) is 18.0 Å². The Morgan fingerprint density at radius 2 is 1.63 bits per heavy atom. The highest BCUT2D eigenvalue weighted by molar-refractivity contribution is 6.10. The van der Waals surface area contributed by atoms with Crippen LogP contribution in [0.1, 0.15) is 10.4 Å². The lowest BCUT2D eigenvalue weighted by Gasteiger charge is -2.22. The van der Waals surface area contributed by atoms with Crippen LogP contribution >= 0.6 is 0 Å². The summed E-state index contributed by atoms with van der Waals surface area (Å²) in [6, 6.07) is 22.2. The molecule has 0 saturated carbocycles. The molecule has 3 aromatic rings. The molecule has 0 fully saturated rings. The minimum atomic E-state index is -0.129. The van der Waals surface area contributed by atoms with Gasteiger partial charge in [0.2, 0.25) is 0 Å². The Balaban J connectivity index is 1.86. The fraction of sp³-hybridized carbons (Fsp3) is 0.182. The van der Waals surface area contributed by atoms with E-state index in [4.69, 9.17) is 4.74 Å². The van der Waals surface area contributed by atoms with Gasteiger partial charge in [0, 0.05) is 18.3 Å². The number of anilines is 2. The summed E-state index contributed by atoms with van der Waals surface area (Å²) < 4.78 is 5.74. The number of pyridine rings is 1. The monoisotopic (exact) mass is 361 g/mol. The van der Waals surface area contributed by atoms with Gasteiger partial charge < -0.3 is 9.64 Å². The van der Waals surface area contributed by atoms with Crippen LogP contribution in [0.3, 0.4) is 0 Å². The van der Waals surface area contributed by atoms with Crippen molar-refractivity contribution in [3.8, 4) is 5.75 Å². The number of benzene rings is 2. The zero-order chi connectivity index (χ0) is 19.1. The molecule has 27 heavy (non-hydrogen) atoms. The molecule has 0 N–H and O–H groups in total. The second kappa shape index (κ2) is 8.96. The van der Waals surface area contributed by atoms with Gasteiger partial charge in [-0.1, -0.05) is 24.3 Å². The van der Waals surface area contributed by atoms with Crippen LogP contribution in [0.5, 0.6) is 5.75 Å². The highest BCUT2D eigenvalue weighted by Gasteiger charge is 2.20. The summed E-state index contributed by atoms with van der Waals surface area (Å²) in [7, 11) is 4.01. The highest BCUT2D eigenvalue weighted by Crippen LogP contribution is 2.27. The summed E-state index contributed by atoms with van der Waals surface area (Å²) in [6.07, 6.45) is 1.68. The molecule has 5 nitrogen and oxygen atoms in total. The highest BCUT2D eigenvalue weighted by atomic mass is 16.5. The fourth-order valence-corrected chi connectivity index (χ4v) is 2.59. The number of likely N-dealkylation sites (N-methyl/N-ethyl adjacent to an activating group) is 1. The summed E-state index contributed by atoms with van der Waals surface area (Å²) in [5, 5.41) is 0. The van der Waals surface area contributed by atoms with Gasteiger partial charge in [0.15, 0.2) is 0 Å². The lowest BCUT2D eigenvalue weighted by atomic mass is 10.1. The molecule has 0 aliphatic heterocycles. The van der Waals surface area contributed by atoms with Crippen molar-refractivity contribution in [3.05, 3.63) is 84.6 Å². The number of carbonyl (C=O) groups is 1. The molecule has 0 aliphatic carbocycles. The number of amides is 1. The summed E-state index contributed by atoms with van der Waals surface area (Å²) in [5.74, 6) is 1.22. The van der Waals surface area contributed by atoms with E-state index >= 15 is 0 Å². The fourth-order valence-electron chi connectivity index (χ4n) is 2.59. The predicted octanol–water partition coefficient (Wildman–Crippen LogP) is 4.00. The molecule has 1 aromatic heterocycles. The van der Waals surface area contributed by atoms with Gasteiger partial charge >= 0.3 is 0 Å². The zero-order valence-corrected chi connectivity index (χ0v) is 15.6. The van der Waals surface area contributed by atoms with Crippen LogP contribution in [0.2, 0.25) is 0 Å². The minimum absolute atomic E-state index is 0.129. The summed E-state index contributed by atoms with van der Waals surface area (Å²) in [5.41, 5.74) is 1.34. The number of carbonyl (C=O) groups excluding carboxylic acids is 1. The summed E-state index contributed by atoms with van der Waals surface area (Å²) >= 11 is 0. The van der Waals surface area contributed by atoms with Gasteiger partial charge in [-0.2, -0.15) is 0 Å². The average molecular weight is 361 g/mol. The van der Waals surface area contributed by atoms with Crippen LogP contribution in [0.4, 0.5) is 11.5 Å². The average Bonchev–Trinajstić information content (AvgIpc) is 2.70. The van der Waals surface area contributed by atoms with Gasteiger partial charge in [0.25, 0.3) is 5.91 Å². The molecular weight excluding hydrogens is 338 g/mol. The summed E-state index contributed by atoms with van der Waals surface area (Å²) in [4.78, 5) is 21.2. The number of hydrogen-bond acceptors (Lipinski definition) is 4. The van der Waals surface area contributed by atoms with Gasteiger partial charge in [-0.25, -0.2) is 4.98 Å². The number of ether oxygens (including phenoxy) is 1. The van der Waals surface area contributed by atoms with Crippen molar-refractivity contribution in [1.82, 2.24) is 9.88 Å². The molecule has 1 amide bonds. The number of aromatic nitrogens is 1. The first-order chi connectivity index (χ1) is 13.1. The van der Waals surface area contributed by atoms with Gasteiger partial charge in [-0.05, 0) is 62.6 Å². The standard InChI is InChI=1S/C22H23N3O2/c1-24(2)16-17-27-20-13-11-19(12-14-20)25(21-10-6-7-15-23-21)22(26)18-8-4-3-5-9-18/h3-15H,16-17H2,1-2H3. The van der Waals surface area contributed by atoms with Crippen LogP contribution in [0, 0.1) is 0 Å². The maximum absolute atomic E-state index is 13.1. The Morgan fingerprint density at radius 3 is 2.26 bits per heavy atom. The topological polar surface area (TPSA) is 45.7 Å². The Bertz CT molecular complexity index is 850. The molecule has 3 rings (SSSR count). The number of rotatable bonds is 7. The minimum Gasteiger partial charge on any atom is -0.492 e. The summed E-state index contributed by atoms with van der Waals surface area (Å²) in [6.45, 7) is 1.45. The largest absolute Gasteiger partial charge is 0.492 e. The third-order valence-electron chi connectivity index (χ3n) is 4.00. The third kappa shape index (κ3) is 4.92. The first-order valence-corrected chi connectivity index (χ1v) is 8.83. The van der Waals surface area contributed by atoms with Crippen LogP contribution in [0.25, 0.3) is 0 Å². The van der Waals surface area contributed by atoms with Crippen LogP contribution < -0.4 is 9.64 Å². The molecule has 5 heteroatoms. The van der Waals surface area contributed by atoms with Gasteiger partial charge in [0.1, 0.15) is 18.2 Å². The molecule has 138 valence electrons. The normalized spacial score (nSPS) is 10.6. The lowest BCUT2D eigenvalue weighted by molar-refractivity contribution is 0.0998. The maximum Gasteiger partial charge on any atom is 0.264 e. The van der Waals surface area contributed by atoms with E-state index in [0.717, 1.165) is 18.0 Å². The Kier molecular flexibility index (Phi) is 6.18. The Labute approximate surface area is 159 Å². The molecule has 0 spiro atoms. The van der Waals surface area contributed by atoms with Gasteiger partial charge in [-0.15, -0.1) is 0 Å². The Morgan fingerprint density at radius 1 is 0.926 bits per heavy atom. The molecule has 1 heterocycles. The van der Waals surface area contributed by atoms with E-state index in [1.807, 2.05) is 74.8 Å². The number of nitrogens with zero attached hydrogens (tertiary/aromatic N) is 3. The molecule has 0 radical (unpaired) electrons. The van der Waals surface area contributed by atoms with Crippen molar-refractivity contribution >= 4 is 17.4 Å². The van der Waals surface area contributed by atoms with E-state index < -0.39 is 0 Å². The third-order valence-corrected chi connectivity index (χ3v) is 4.00. The van der Waals surface area contributed by atoms with E-state index in [1.165, 1.54) is 0 Å². The predicted molar refractivity (Wildman–Crippen MR) is 108 cm³/mol. The van der Waals surface area contributed by atoms with E-state index in [2.05, 4.69) is 9.88 Å². The lowest BCUT2D eigenvalue weighted by Crippen LogP contribution is -2.26. The molecule has 0 atom stereocenters. The molecule has 2 aromatic carbocycles. The molecular formula is C22H23N3O2. The van der Waals surface area contributed by atoms with E-state index in [-0.39, 0.29) is 5.91 Å². The van der Waals surface area contributed by atoms with Crippen molar-refractivity contribution in [1.29, 1.82) is 0 Å². The molecule has 0 saturated heterocycles. The van der Waals surface area contributed by atoms with Crippen molar-refractivity contribution in [2.24, 2.45) is 0 Å². The van der Waals surface area contributed by atoms with Gasteiger partial charge in [-0.3, -0.25) is 9.69 Å². The maximum atomic E-state index is 13.1. The molecule has 0 unspecified atom stereocenters. The van der Waals surface area contributed by atoms with E-state index in [1.54, 1.807) is 23.2 Å². The molecule has 0 aliphatic rings. The van der Waals surface area contributed by atoms with Crippen molar-refractivity contribution < 1.29 is 9.53 Å². The molecule has 0 bridgehead atoms. The Hall–Kier alpha value is -3.18. The van der Waals surface area contributed by atoms with Crippen molar-refractivity contribution in [2.75, 3.05) is 32.1 Å². The van der Waals surface area contributed by atoms with Crippen LogP contribution in [-0.4, -0.2) is 43.0 Å². The first-order valence-electron chi connectivity index (χ1n) is 8.83. The van der Waals surface area contributed by atoms with Crippen molar-refractivity contribution in [3.63, 3.8) is 0 Å².